The zero-order valence-electron chi connectivity index (χ0n) is 33.5. The molecule has 49 heavy (non-hydrogen) atoms. The molecule has 0 fully saturated rings. The standard InChI is InChI=1S/C45H87N3O/c1-5-7-9-11-13-15-17-19-21-23-25-27-29-31-33-35-39-43(47-45(49)44(46)41-37-38-42-48(3)4)40-36-34-32-30-28-26-24-22-20-18-16-14-12-10-8-6-2/h13-16,19-22,43-45,47,49H,5-12,17-18,23-42,46H2,1-4H3. The van der Waals surface area contributed by atoms with Gasteiger partial charge >= 0.3 is 0 Å². The maximum absolute atomic E-state index is 10.9. The topological polar surface area (TPSA) is 61.5 Å². The highest BCUT2D eigenvalue weighted by atomic mass is 16.3. The van der Waals surface area contributed by atoms with Crippen LogP contribution in [0.15, 0.2) is 48.6 Å². The molecule has 0 bridgehead atoms. The number of aliphatic hydroxyl groups is 1. The van der Waals surface area contributed by atoms with Crippen LogP contribution in [0.3, 0.4) is 0 Å². The van der Waals surface area contributed by atoms with Gasteiger partial charge in [0.25, 0.3) is 0 Å². The molecule has 0 spiro atoms. The molecule has 2 atom stereocenters. The van der Waals surface area contributed by atoms with Crippen LogP contribution < -0.4 is 11.1 Å². The average molecular weight is 686 g/mol. The molecule has 0 aliphatic heterocycles. The maximum Gasteiger partial charge on any atom is 0.120 e. The second-order valence-corrected chi connectivity index (χ2v) is 15.0. The first-order valence-corrected chi connectivity index (χ1v) is 21.5. The van der Waals surface area contributed by atoms with E-state index in [0.717, 1.165) is 51.5 Å². The fourth-order valence-corrected chi connectivity index (χ4v) is 6.40. The van der Waals surface area contributed by atoms with E-state index in [1.54, 1.807) is 0 Å². The molecule has 0 saturated heterocycles. The molecular formula is C45H87N3O. The number of hydrogen-bond donors (Lipinski definition) is 3. The highest BCUT2D eigenvalue weighted by molar-refractivity contribution is 4.93. The maximum atomic E-state index is 10.9. The predicted octanol–water partition coefficient (Wildman–Crippen LogP) is 12.7. The van der Waals surface area contributed by atoms with E-state index in [0.29, 0.717) is 6.04 Å². The summed E-state index contributed by atoms with van der Waals surface area (Å²) in [6.45, 7) is 5.61. The lowest BCUT2D eigenvalue weighted by Gasteiger charge is -2.27. The molecule has 4 N–H and O–H groups in total. The SMILES string of the molecule is CCCCCC=CCC=CCCCCCCCCC(CCCCCCCCC=CCC=CCCCCC)NC(O)C(N)CCCCN(C)C. The molecule has 0 aromatic heterocycles. The van der Waals surface area contributed by atoms with E-state index in [4.69, 9.17) is 5.73 Å². The van der Waals surface area contributed by atoms with Crippen molar-refractivity contribution >= 4 is 0 Å². The number of unbranched alkanes of at least 4 members (excludes halogenated alkanes) is 19. The van der Waals surface area contributed by atoms with E-state index in [-0.39, 0.29) is 6.04 Å². The quantitative estimate of drug-likeness (QED) is 0.0344. The van der Waals surface area contributed by atoms with Crippen molar-refractivity contribution in [1.82, 2.24) is 10.2 Å². The summed E-state index contributed by atoms with van der Waals surface area (Å²) in [6, 6.07) is 0.191. The fourth-order valence-electron chi connectivity index (χ4n) is 6.40. The molecule has 4 heteroatoms. The van der Waals surface area contributed by atoms with Gasteiger partial charge in [-0.3, -0.25) is 5.32 Å². The van der Waals surface area contributed by atoms with Crippen LogP contribution >= 0.6 is 0 Å². The van der Waals surface area contributed by atoms with Crippen LogP contribution in [0.1, 0.15) is 200 Å². The summed E-state index contributed by atoms with van der Waals surface area (Å²) in [7, 11) is 4.23. The number of rotatable bonds is 38. The van der Waals surface area contributed by atoms with E-state index in [1.807, 2.05) is 0 Å². The predicted molar refractivity (Wildman–Crippen MR) is 221 cm³/mol. The summed E-state index contributed by atoms with van der Waals surface area (Å²) >= 11 is 0. The fraction of sp³-hybridized carbons (Fsp3) is 0.822. The number of nitrogens with two attached hydrogens (primary N) is 1. The van der Waals surface area contributed by atoms with Crippen molar-refractivity contribution in [2.75, 3.05) is 20.6 Å². The van der Waals surface area contributed by atoms with Gasteiger partial charge < -0.3 is 15.7 Å². The van der Waals surface area contributed by atoms with Gasteiger partial charge in [-0.1, -0.05) is 159 Å². The summed E-state index contributed by atoms with van der Waals surface area (Å²) in [5.41, 5.74) is 6.42. The molecular weight excluding hydrogens is 599 g/mol. The molecule has 4 nitrogen and oxygen atoms in total. The van der Waals surface area contributed by atoms with Crippen LogP contribution in [-0.4, -0.2) is 49.0 Å². The van der Waals surface area contributed by atoms with Crippen LogP contribution in [-0.2, 0) is 0 Å². The van der Waals surface area contributed by atoms with Crippen molar-refractivity contribution in [3.05, 3.63) is 48.6 Å². The number of nitrogens with one attached hydrogen (secondary N) is 1. The molecule has 288 valence electrons. The number of aliphatic hydroxyl groups excluding tert-OH is 1. The Morgan fingerprint density at radius 1 is 0.490 bits per heavy atom. The molecule has 0 heterocycles. The number of allylic oxidation sites excluding steroid dienone is 8. The summed E-state index contributed by atoms with van der Waals surface area (Å²) in [5, 5.41) is 14.5. The van der Waals surface area contributed by atoms with Crippen LogP contribution in [0, 0.1) is 0 Å². The Balaban J connectivity index is 4.21. The zero-order valence-corrected chi connectivity index (χ0v) is 33.5. The van der Waals surface area contributed by atoms with E-state index >= 15 is 0 Å². The van der Waals surface area contributed by atoms with Gasteiger partial charge in [-0.25, -0.2) is 0 Å². The largest absolute Gasteiger partial charge is 0.377 e. The molecule has 0 rings (SSSR count). The zero-order chi connectivity index (χ0) is 35.9. The minimum absolute atomic E-state index is 0.184. The third-order valence-corrected chi connectivity index (χ3v) is 9.71. The summed E-state index contributed by atoms with van der Waals surface area (Å²) in [5.74, 6) is 0. The van der Waals surface area contributed by atoms with Gasteiger partial charge in [-0.15, -0.1) is 0 Å². The molecule has 0 saturated carbocycles. The molecule has 0 aliphatic rings. The summed E-state index contributed by atoms with van der Waals surface area (Å²) in [6.07, 6.45) is 54.4. The summed E-state index contributed by atoms with van der Waals surface area (Å²) < 4.78 is 0. The Bertz CT molecular complexity index is 710. The lowest BCUT2D eigenvalue weighted by Crippen LogP contribution is -2.49. The van der Waals surface area contributed by atoms with Crippen molar-refractivity contribution < 1.29 is 5.11 Å². The molecule has 0 aromatic carbocycles. The molecule has 0 aromatic rings. The van der Waals surface area contributed by atoms with Gasteiger partial charge in [0.1, 0.15) is 6.23 Å². The van der Waals surface area contributed by atoms with Gasteiger partial charge in [0.05, 0.1) is 0 Å². The second-order valence-electron chi connectivity index (χ2n) is 15.0. The van der Waals surface area contributed by atoms with Crippen molar-refractivity contribution in [1.29, 1.82) is 0 Å². The smallest absolute Gasteiger partial charge is 0.120 e. The van der Waals surface area contributed by atoms with Crippen LogP contribution in [0.25, 0.3) is 0 Å². The molecule has 0 amide bonds. The number of hydrogen-bond acceptors (Lipinski definition) is 4. The first kappa shape index (κ1) is 47.8. The van der Waals surface area contributed by atoms with E-state index in [9.17, 15) is 5.11 Å². The van der Waals surface area contributed by atoms with Gasteiger partial charge in [0.2, 0.25) is 0 Å². The van der Waals surface area contributed by atoms with E-state index < -0.39 is 6.23 Å². The van der Waals surface area contributed by atoms with Crippen LogP contribution in [0.2, 0.25) is 0 Å². The van der Waals surface area contributed by atoms with Gasteiger partial charge in [0, 0.05) is 12.1 Å². The van der Waals surface area contributed by atoms with Crippen molar-refractivity contribution in [3.8, 4) is 0 Å². The minimum atomic E-state index is -0.599. The summed E-state index contributed by atoms with van der Waals surface area (Å²) in [4.78, 5) is 2.22. The first-order valence-electron chi connectivity index (χ1n) is 21.5. The van der Waals surface area contributed by atoms with Gasteiger partial charge in [-0.2, -0.15) is 0 Å². The second kappa shape index (κ2) is 39.6. The Labute approximate surface area is 307 Å². The molecule has 0 aliphatic carbocycles. The van der Waals surface area contributed by atoms with Gasteiger partial charge in [0.15, 0.2) is 0 Å². The van der Waals surface area contributed by atoms with Crippen molar-refractivity contribution in [2.24, 2.45) is 5.73 Å². The lowest BCUT2D eigenvalue weighted by atomic mass is 9.99. The molecule has 0 radical (unpaired) electrons. The average Bonchev–Trinajstić information content (AvgIpc) is 3.09. The van der Waals surface area contributed by atoms with Crippen LogP contribution in [0.5, 0.6) is 0 Å². The van der Waals surface area contributed by atoms with Crippen LogP contribution in [0.4, 0.5) is 0 Å². The Morgan fingerprint density at radius 2 is 0.857 bits per heavy atom. The van der Waals surface area contributed by atoms with Gasteiger partial charge in [-0.05, 0) is 111 Å². The van der Waals surface area contributed by atoms with Crippen molar-refractivity contribution in [3.63, 3.8) is 0 Å². The first-order chi connectivity index (χ1) is 24.0. The normalized spacial score (nSPS) is 14.4. The van der Waals surface area contributed by atoms with Crippen molar-refractivity contribution in [2.45, 2.75) is 218 Å². The van der Waals surface area contributed by atoms with E-state index in [2.05, 4.69) is 86.8 Å². The Hall–Kier alpha value is -1.20. The monoisotopic (exact) mass is 686 g/mol. The Kier molecular flexibility index (Phi) is 38.6. The highest BCUT2D eigenvalue weighted by Crippen LogP contribution is 2.17. The van der Waals surface area contributed by atoms with E-state index in [1.165, 1.54) is 141 Å². The Morgan fingerprint density at radius 3 is 1.27 bits per heavy atom. The molecule has 2 unspecified atom stereocenters. The number of nitrogens with zero attached hydrogens (tertiary/aromatic N) is 1. The third-order valence-electron chi connectivity index (χ3n) is 9.71. The third kappa shape index (κ3) is 37.9. The minimum Gasteiger partial charge on any atom is -0.377 e. The lowest BCUT2D eigenvalue weighted by molar-refractivity contribution is 0.0866. The highest BCUT2D eigenvalue weighted by Gasteiger charge is 2.18.